The summed E-state index contributed by atoms with van der Waals surface area (Å²) in [6.45, 7) is 9.30. The van der Waals surface area contributed by atoms with Gasteiger partial charge in [0.1, 0.15) is 18.6 Å². The molecule has 3 aliphatic heterocycles. The minimum absolute atomic E-state index is 0.0331. The number of hydrogen-bond acceptors (Lipinski definition) is 5. The van der Waals surface area contributed by atoms with E-state index in [0.717, 1.165) is 20.3 Å². The van der Waals surface area contributed by atoms with E-state index >= 15 is 0 Å². The standard InChI is InChI=1S/C27H25N3O3SSi/c1-27(2)17-9-8-12-21-22(17)30(19-10-6-7-11-20(19)35(21,4)5)25-18(27)14-15(34-25)13-16-23(31)28-26(33)29(3)24(16)32/h6-14H,1-5H3,(H,28,31,33)/b16-13+. The fourth-order valence-corrected chi connectivity index (χ4v) is 9.86. The third-order valence-electron chi connectivity index (χ3n) is 7.62. The van der Waals surface area contributed by atoms with Crippen LogP contribution in [0.3, 0.4) is 0 Å². The predicted octanol–water partition coefficient (Wildman–Crippen LogP) is 4.08. The average molecular weight is 500 g/mol. The van der Waals surface area contributed by atoms with Gasteiger partial charge in [-0.3, -0.25) is 19.8 Å². The molecule has 3 aliphatic rings. The van der Waals surface area contributed by atoms with Gasteiger partial charge in [0.25, 0.3) is 11.8 Å². The number of thiophene rings is 1. The number of carbonyl (C=O) groups is 3. The van der Waals surface area contributed by atoms with Crippen LogP contribution in [0.4, 0.5) is 21.2 Å². The van der Waals surface area contributed by atoms with Gasteiger partial charge in [-0.15, -0.1) is 11.3 Å². The van der Waals surface area contributed by atoms with Gasteiger partial charge >= 0.3 is 6.03 Å². The number of rotatable bonds is 1. The molecule has 2 aromatic carbocycles. The van der Waals surface area contributed by atoms with E-state index < -0.39 is 25.9 Å². The average Bonchev–Trinajstić information content (AvgIpc) is 3.25. The summed E-state index contributed by atoms with van der Waals surface area (Å²) >= 11 is 1.57. The number of imide groups is 2. The van der Waals surface area contributed by atoms with E-state index in [1.54, 1.807) is 17.4 Å². The molecule has 4 amide bonds. The second kappa shape index (κ2) is 7.02. The Hall–Kier alpha value is -3.49. The second-order valence-corrected chi connectivity index (χ2v) is 15.7. The maximum Gasteiger partial charge on any atom is 0.331 e. The number of anilines is 3. The van der Waals surface area contributed by atoms with E-state index in [-0.39, 0.29) is 11.0 Å². The molecule has 0 unspecified atom stereocenters. The molecule has 0 radical (unpaired) electrons. The minimum atomic E-state index is -1.92. The highest BCUT2D eigenvalue weighted by Crippen LogP contribution is 2.56. The Morgan fingerprint density at radius 1 is 0.971 bits per heavy atom. The molecule has 0 aliphatic carbocycles. The molecule has 0 atom stereocenters. The molecule has 6 nitrogen and oxygen atoms in total. The molecule has 4 heterocycles. The van der Waals surface area contributed by atoms with Crippen LogP contribution in [0.2, 0.25) is 13.1 Å². The molecule has 35 heavy (non-hydrogen) atoms. The number of fused-ring (bicyclic) bond motifs is 4. The fourth-order valence-electron chi connectivity index (χ4n) is 5.58. The Bertz CT molecular complexity index is 1520. The number of amides is 4. The summed E-state index contributed by atoms with van der Waals surface area (Å²) in [6.07, 6.45) is 1.61. The zero-order chi connectivity index (χ0) is 24.9. The van der Waals surface area contributed by atoms with E-state index in [2.05, 4.69) is 85.7 Å². The molecule has 1 N–H and O–H groups in total. The molecule has 1 aromatic heterocycles. The molecule has 176 valence electrons. The Labute approximate surface area is 208 Å². The SMILES string of the molecule is CN1C(=O)NC(=O)/C(=C\c2cc3c(s2)N2c4ccccc4[Si](C)(C)c4cccc(c42)C3(C)C)C1=O. The number of nitrogens with zero attached hydrogens (tertiary/aromatic N) is 2. The topological polar surface area (TPSA) is 69.7 Å². The molecule has 1 fully saturated rings. The largest absolute Gasteiger partial charge is 0.331 e. The molecular formula is C27H25N3O3SSi. The van der Waals surface area contributed by atoms with Gasteiger partial charge in [0.05, 0.1) is 5.69 Å². The highest BCUT2D eigenvalue weighted by atomic mass is 32.1. The minimum Gasteiger partial charge on any atom is -0.302 e. The first-order chi connectivity index (χ1) is 16.5. The number of urea groups is 1. The Morgan fingerprint density at radius 2 is 1.69 bits per heavy atom. The first kappa shape index (κ1) is 22.0. The molecule has 1 saturated heterocycles. The summed E-state index contributed by atoms with van der Waals surface area (Å²) < 4.78 is 0. The van der Waals surface area contributed by atoms with Crippen molar-refractivity contribution in [2.45, 2.75) is 32.4 Å². The van der Waals surface area contributed by atoms with Gasteiger partial charge in [0.2, 0.25) is 0 Å². The van der Waals surface area contributed by atoms with Gasteiger partial charge in [-0.1, -0.05) is 63.3 Å². The maximum absolute atomic E-state index is 12.7. The summed E-state index contributed by atoms with van der Waals surface area (Å²) in [6, 6.07) is 16.7. The molecule has 0 bridgehead atoms. The molecule has 0 saturated carbocycles. The van der Waals surface area contributed by atoms with Crippen LogP contribution < -0.4 is 20.6 Å². The number of hydrogen-bond donors (Lipinski definition) is 1. The van der Waals surface area contributed by atoms with Crippen LogP contribution in [0, 0.1) is 0 Å². The lowest BCUT2D eigenvalue weighted by Crippen LogP contribution is -2.59. The first-order valence-electron chi connectivity index (χ1n) is 11.6. The van der Waals surface area contributed by atoms with Crippen molar-refractivity contribution >= 4 is 70.1 Å². The summed E-state index contributed by atoms with van der Waals surface area (Å²) in [5.41, 5.74) is 4.63. The van der Waals surface area contributed by atoms with Crippen LogP contribution in [-0.4, -0.2) is 37.9 Å². The smallest absolute Gasteiger partial charge is 0.302 e. The third kappa shape index (κ3) is 2.84. The lowest BCUT2D eigenvalue weighted by molar-refractivity contribution is -0.129. The summed E-state index contributed by atoms with van der Waals surface area (Å²) in [4.78, 5) is 41.1. The number of likely N-dealkylation sites (N-methyl/N-ethyl adjacent to an activating group) is 1. The second-order valence-electron chi connectivity index (χ2n) is 10.4. The van der Waals surface area contributed by atoms with Crippen LogP contribution >= 0.6 is 11.3 Å². The van der Waals surface area contributed by atoms with Crippen molar-refractivity contribution < 1.29 is 14.4 Å². The van der Waals surface area contributed by atoms with Crippen LogP contribution in [-0.2, 0) is 15.0 Å². The molecule has 3 aromatic rings. The summed E-state index contributed by atoms with van der Waals surface area (Å²) in [5.74, 6) is -1.25. The monoisotopic (exact) mass is 499 g/mol. The van der Waals surface area contributed by atoms with E-state index in [9.17, 15) is 14.4 Å². The van der Waals surface area contributed by atoms with Crippen molar-refractivity contribution in [3.63, 3.8) is 0 Å². The molecule has 6 rings (SSSR count). The van der Waals surface area contributed by atoms with E-state index in [4.69, 9.17) is 0 Å². The Morgan fingerprint density at radius 3 is 2.46 bits per heavy atom. The van der Waals surface area contributed by atoms with Gasteiger partial charge < -0.3 is 4.90 Å². The third-order valence-corrected chi connectivity index (χ3v) is 12.2. The summed E-state index contributed by atoms with van der Waals surface area (Å²) in [5, 5.41) is 6.16. The number of nitrogens with one attached hydrogen (secondary N) is 1. The van der Waals surface area contributed by atoms with E-state index in [1.165, 1.54) is 34.4 Å². The van der Waals surface area contributed by atoms with Crippen molar-refractivity contribution in [3.05, 3.63) is 70.1 Å². The Kier molecular flexibility index (Phi) is 4.41. The van der Waals surface area contributed by atoms with E-state index in [0.29, 0.717) is 0 Å². The number of para-hydroxylation sites is 2. The normalized spacial score (nSPS) is 20.4. The van der Waals surface area contributed by atoms with Crippen molar-refractivity contribution in [3.8, 4) is 0 Å². The van der Waals surface area contributed by atoms with Crippen molar-refractivity contribution in [1.29, 1.82) is 0 Å². The quantitative estimate of drug-likeness (QED) is 0.311. The summed E-state index contributed by atoms with van der Waals surface area (Å²) in [7, 11) is -0.546. The van der Waals surface area contributed by atoms with Crippen molar-refractivity contribution in [2.75, 3.05) is 11.9 Å². The van der Waals surface area contributed by atoms with Crippen LogP contribution in [0.25, 0.3) is 6.08 Å². The fraction of sp³-hybridized carbons (Fsp3) is 0.222. The predicted molar refractivity (Wildman–Crippen MR) is 142 cm³/mol. The van der Waals surface area contributed by atoms with Gasteiger partial charge in [0, 0.05) is 23.0 Å². The molecular weight excluding hydrogens is 474 g/mol. The van der Waals surface area contributed by atoms with Crippen LogP contribution in [0.15, 0.2) is 54.1 Å². The highest BCUT2D eigenvalue weighted by molar-refractivity contribution is 7.17. The lowest BCUT2D eigenvalue weighted by Gasteiger charge is -2.47. The number of carbonyl (C=O) groups excluding carboxylic acids is 3. The zero-order valence-electron chi connectivity index (χ0n) is 20.2. The Balaban J connectivity index is 1.59. The van der Waals surface area contributed by atoms with Gasteiger partial charge in [-0.05, 0) is 39.7 Å². The lowest BCUT2D eigenvalue weighted by atomic mass is 9.75. The van der Waals surface area contributed by atoms with Gasteiger partial charge in [-0.2, -0.15) is 0 Å². The molecule has 0 spiro atoms. The number of benzene rings is 2. The zero-order valence-corrected chi connectivity index (χ0v) is 22.0. The maximum atomic E-state index is 12.7. The van der Waals surface area contributed by atoms with Crippen LogP contribution in [0.5, 0.6) is 0 Å². The van der Waals surface area contributed by atoms with Gasteiger partial charge in [0.15, 0.2) is 0 Å². The van der Waals surface area contributed by atoms with Crippen molar-refractivity contribution in [2.24, 2.45) is 0 Å². The van der Waals surface area contributed by atoms with Gasteiger partial charge in [-0.25, -0.2) is 4.79 Å². The highest BCUT2D eigenvalue weighted by Gasteiger charge is 2.47. The van der Waals surface area contributed by atoms with E-state index in [1.807, 2.05) is 0 Å². The first-order valence-corrected chi connectivity index (χ1v) is 15.4. The van der Waals surface area contributed by atoms with Crippen molar-refractivity contribution in [1.82, 2.24) is 10.2 Å². The number of barbiturate groups is 1. The molecule has 8 heteroatoms. The van der Waals surface area contributed by atoms with Crippen LogP contribution in [0.1, 0.15) is 29.9 Å².